The fourth-order valence-electron chi connectivity index (χ4n) is 2.50. The van der Waals surface area contributed by atoms with Crippen LogP contribution >= 0.6 is 0 Å². The number of rotatable bonds is 1. The first-order chi connectivity index (χ1) is 6.00. The molecule has 74 valence electrons. The summed E-state index contributed by atoms with van der Waals surface area (Å²) in [5.74, 6) is 0.106. The molecular formula is C9H16N2O2. The Morgan fingerprint density at radius 1 is 1.46 bits per heavy atom. The Labute approximate surface area is 77.6 Å². The summed E-state index contributed by atoms with van der Waals surface area (Å²) >= 11 is 0. The van der Waals surface area contributed by atoms with Gasteiger partial charge in [0.05, 0.1) is 11.6 Å². The summed E-state index contributed by atoms with van der Waals surface area (Å²) in [6, 6.07) is 0. The summed E-state index contributed by atoms with van der Waals surface area (Å²) < 4.78 is 5.28. The second-order valence-corrected chi connectivity index (χ2v) is 4.42. The number of ether oxygens (including phenoxy) is 1. The number of fused-ring (bicyclic) bond motifs is 3. The van der Waals surface area contributed by atoms with E-state index in [0.717, 1.165) is 6.42 Å². The topological polar surface area (TPSA) is 78.3 Å². The first kappa shape index (κ1) is 9.12. The van der Waals surface area contributed by atoms with Gasteiger partial charge in [0.2, 0.25) is 0 Å². The van der Waals surface area contributed by atoms with E-state index in [1.165, 1.54) is 0 Å². The predicted octanol–water partition coefficient (Wildman–Crippen LogP) is -0.447. The molecular weight excluding hydrogens is 168 g/mol. The molecule has 2 bridgehead atoms. The zero-order valence-electron chi connectivity index (χ0n) is 7.88. The molecule has 4 nitrogen and oxygen atoms in total. The van der Waals surface area contributed by atoms with E-state index in [9.17, 15) is 4.79 Å². The standard InChI is InChI=1S/C9H16N2O2/c1-13-7-5-8(10)2-3-9(7,11)4-6(8)12/h7H,2-5,10-11H2,1H3/t7-,8?,9-/m1/s1. The van der Waals surface area contributed by atoms with E-state index in [4.69, 9.17) is 16.2 Å². The Hall–Kier alpha value is -0.450. The van der Waals surface area contributed by atoms with E-state index in [0.29, 0.717) is 19.3 Å². The summed E-state index contributed by atoms with van der Waals surface area (Å²) in [6.07, 6.45) is 2.42. The van der Waals surface area contributed by atoms with Crippen molar-refractivity contribution < 1.29 is 9.53 Å². The molecule has 0 saturated heterocycles. The number of Topliss-reactive ketones (excluding diaryl/α,β-unsaturated/α-hetero) is 1. The lowest BCUT2D eigenvalue weighted by Crippen LogP contribution is -2.71. The molecule has 3 fully saturated rings. The first-order valence-corrected chi connectivity index (χ1v) is 4.64. The van der Waals surface area contributed by atoms with Gasteiger partial charge in [0, 0.05) is 25.5 Å². The van der Waals surface area contributed by atoms with E-state index < -0.39 is 11.1 Å². The van der Waals surface area contributed by atoms with Crippen LogP contribution in [-0.2, 0) is 9.53 Å². The number of carbonyl (C=O) groups excluding carboxylic acids is 1. The van der Waals surface area contributed by atoms with Gasteiger partial charge in [-0.3, -0.25) is 4.79 Å². The Morgan fingerprint density at radius 2 is 2.15 bits per heavy atom. The Bertz CT molecular complexity index is 256. The fraction of sp³-hybridized carbons (Fsp3) is 0.889. The van der Waals surface area contributed by atoms with Crippen LogP contribution < -0.4 is 11.5 Å². The highest BCUT2D eigenvalue weighted by atomic mass is 16.5. The molecule has 0 spiro atoms. The van der Waals surface area contributed by atoms with Crippen LogP contribution in [0.15, 0.2) is 0 Å². The molecule has 0 amide bonds. The molecule has 0 aliphatic heterocycles. The van der Waals surface area contributed by atoms with Crippen molar-refractivity contribution in [1.82, 2.24) is 0 Å². The summed E-state index contributed by atoms with van der Waals surface area (Å²) in [4.78, 5) is 11.6. The van der Waals surface area contributed by atoms with Crippen LogP contribution in [0.25, 0.3) is 0 Å². The average Bonchev–Trinajstić information content (AvgIpc) is 2.08. The monoisotopic (exact) mass is 184 g/mol. The lowest BCUT2D eigenvalue weighted by Gasteiger charge is -2.52. The van der Waals surface area contributed by atoms with E-state index in [-0.39, 0.29) is 11.9 Å². The minimum atomic E-state index is -0.651. The first-order valence-electron chi connectivity index (χ1n) is 4.64. The van der Waals surface area contributed by atoms with Gasteiger partial charge in [0.1, 0.15) is 0 Å². The highest BCUT2D eigenvalue weighted by molar-refractivity contribution is 5.91. The smallest absolute Gasteiger partial charge is 0.154 e. The molecule has 4 heteroatoms. The molecule has 3 aliphatic carbocycles. The summed E-state index contributed by atoms with van der Waals surface area (Å²) in [5.41, 5.74) is 11.0. The number of ketones is 1. The normalized spacial score (nSPS) is 49.8. The molecule has 0 aromatic rings. The third kappa shape index (κ3) is 1.13. The minimum Gasteiger partial charge on any atom is -0.379 e. The highest BCUT2D eigenvalue weighted by Crippen LogP contribution is 2.43. The lowest BCUT2D eigenvalue weighted by atomic mass is 9.60. The maximum Gasteiger partial charge on any atom is 0.154 e. The molecule has 3 atom stereocenters. The van der Waals surface area contributed by atoms with Crippen molar-refractivity contribution in [2.75, 3.05) is 7.11 Å². The Kier molecular flexibility index (Phi) is 1.77. The van der Waals surface area contributed by atoms with Crippen LogP contribution in [0.3, 0.4) is 0 Å². The Balaban J connectivity index is 2.30. The van der Waals surface area contributed by atoms with Crippen LogP contribution in [0.2, 0.25) is 0 Å². The van der Waals surface area contributed by atoms with Gasteiger partial charge in [-0.2, -0.15) is 0 Å². The highest BCUT2D eigenvalue weighted by Gasteiger charge is 2.56. The van der Waals surface area contributed by atoms with Crippen LogP contribution in [0, 0.1) is 0 Å². The Morgan fingerprint density at radius 3 is 2.69 bits per heavy atom. The van der Waals surface area contributed by atoms with E-state index >= 15 is 0 Å². The average molecular weight is 184 g/mol. The van der Waals surface area contributed by atoms with Gasteiger partial charge in [0.15, 0.2) is 5.78 Å². The molecule has 3 aliphatic rings. The van der Waals surface area contributed by atoms with Gasteiger partial charge < -0.3 is 16.2 Å². The number of methoxy groups -OCH3 is 1. The molecule has 3 saturated carbocycles. The fourth-order valence-corrected chi connectivity index (χ4v) is 2.50. The molecule has 0 radical (unpaired) electrons. The molecule has 0 heterocycles. The predicted molar refractivity (Wildman–Crippen MR) is 48.1 cm³/mol. The summed E-state index contributed by atoms with van der Waals surface area (Å²) in [5, 5.41) is 0. The van der Waals surface area contributed by atoms with Gasteiger partial charge in [-0.05, 0) is 12.8 Å². The number of hydrogen-bond donors (Lipinski definition) is 2. The van der Waals surface area contributed by atoms with Crippen molar-refractivity contribution >= 4 is 5.78 Å². The van der Waals surface area contributed by atoms with Gasteiger partial charge in [0.25, 0.3) is 0 Å². The molecule has 0 aromatic heterocycles. The second-order valence-electron chi connectivity index (χ2n) is 4.42. The van der Waals surface area contributed by atoms with Crippen LogP contribution in [0.4, 0.5) is 0 Å². The zero-order chi connectivity index (χ0) is 9.69. The molecule has 0 aromatic carbocycles. The van der Waals surface area contributed by atoms with Crippen molar-refractivity contribution in [1.29, 1.82) is 0 Å². The zero-order valence-corrected chi connectivity index (χ0v) is 7.88. The minimum absolute atomic E-state index is 0.0519. The SMILES string of the molecule is CO[C@@H]1CC2(N)CC[C@@]1(N)CC2=O. The summed E-state index contributed by atoms with van der Waals surface area (Å²) in [6.45, 7) is 0. The quantitative estimate of drug-likeness (QED) is 0.578. The van der Waals surface area contributed by atoms with Crippen molar-refractivity contribution in [3.63, 3.8) is 0 Å². The maximum atomic E-state index is 11.6. The van der Waals surface area contributed by atoms with Crippen LogP contribution in [-0.4, -0.2) is 30.1 Å². The second kappa shape index (κ2) is 2.53. The van der Waals surface area contributed by atoms with Crippen molar-refractivity contribution in [3.05, 3.63) is 0 Å². The number of nitrogens with two attached hydrogens (primary N) is 2. The van der Waals surface area contributed by atoms with Crippen LogP contribution in [0.1, 0.15) is 25.7 Å². The number of carbonyl (C=O) groups is 1. The molecule has 13 heavy (non-hydrogen) atoms. The van der Waals surface area contributed by atoms with Crippen molar-refractivity contribution in [2.45, 2.75) is 42.9 Å². The lowest BCUT2D eigenvalue weighted by molar-refractivity contribution is -0.141. The maximum absolute atomic E-state index is 11.6. The van der Waals surface area contributed by atoms with E-state index in [2.05, 4.69) is 0 Å². The van der Waals surface area contributed by atoms with Crippen molar-refractivity contribution in [2.24, 2.45) is 11.5 Å². The molecule has 4 N–H and O–H groups in total. The summed E-state index contributed by atoms with van der Waals surface area (Å²) in [7, 11) is 1.63. The van der Waals surface area contributed by atoms with Crippen LogP contribution in [0.5, 0.6) is 0 Å². The third-order valence-corrected chi connectivity index (χ3v) is 3.56. The van der Waals surface area contributed by atoms with E-state index in [1.54, 1.807) is 7.11 Å². The van der Waals surface area contributed by atoms with Crippen molar-refractivity contribution in [3.8, 4) is 0 Å². The van der Waals surface area contributed by atoms with Gasteiger partial charge in [-0.25, -0.2) is 0 Å². The third-order valence-electron chi connectivity index (χ3n) is 3.56. The molecule has 1 unspecified atom stereocenters. The molecule has 3 rings (SSSR count). The van der Waals surface area contributed by atoms with E-state index in [1.807, 2.05) is 0 Å². The van der Waals surface area contributed by atoms with Gasteiger partial charge in [-0.15, -0.1) is 0 Å². The number of hydrogen-bond acceptors (Lipinski definition) is 4. The van der Waals surface area contributed by atoms with Gasteiger partial charge >= 0.3 is 0 Å². The van der Waals surface area contributed by atoms with Gasteiger partial charge in [-0.1, -0.05) is 0 Å². The largest absolute Gasteiger partial charge is 0.379 e.